The zero-order valence-electron chi connectivity index (χ0n) is 9.43. The van der Waals surface area contributed by atoms with Crippen molar-refractivity contribution < 1.29 is 13.5 Å². The molecule has 4 nitrogen and oxygen atoms in total. The van der Waals surface area contributed by atoms with Crippen LogP contribution in [0.15, 0.2) is 21.7 Å². The molecule has 0 aliphatic rings. The average Bonchev–Trinajstić information content (AvgIpc) is 2.68. The smallest absolute Gasteiger partial charge is 0.250 e. The highest BCUT2D eigenvalue weighted by Gasteiger charge is 2.22. The Morgan fingerprint density at radius 2 is 2.19 bits per heavy atom. The number of hydrogen-bond acceptors (Lipinski definition) is 4. The largest absolute Gasteiger partial charge is 0.396 e. The standard InChI is InChI=1S/C10H17NO3S2/c1-10(2,5-6-12)8-11-16(13,14)9-4-3-7-15-9/h3-4,7,11-12H,5-6,8H2,1-2H3. The van der Waals surface area contributed by atoms with Crippen LogP contribution in [0.25, 0.3) is 0 Å². The van der Waals surface area contributed by atoms with Crippen molar-refractivity contribution in [2.45, 2.75) is 24.5 Å². The maximum atomic E-state index is 11.8. The first-order valence-corrected chi connectivity index (χ1v) is 7.38. The third kappa shape index (κ3) is 3.86. The van der Waals surface area contributed by atoms with Crippen molar-refractivity contribution in [2.24, 2.45) is 5.41 Å². The van der Waals surface area contributed by atoms with Gasteiger partial charge in [-0.1, -0.05) is 19.9 Å². The van der Waals surface area contributed by atoms with E-state index in [1.807, 2.05) is 13.8 Å². The summed E-state index contributed by atoms with van der Waals surface area (Å²) in [6.07, 6.45) is 0.569. The van der Waals surface area contributed by atoms with Crippen molar-refractivity contribution in [3.05, 3.63) is 17.5 Å². The van der Waals surface area contributed by atoms with Gasteiger partial charge in [-0.05, 0) is 23.3 Å². The maximum Gasteiger partial charge on any atom is 0.250 e. The van der Waals surface area contributed by atoms with E-state index in [1.54, 1.807) is 17.5 Å². The molecule has 0 saturated heterocycles. The second-order valence-corrected chi connectivity index (χ2v) is 7.34. The molecule has 1 aromatic heterocycles. The summed E-state index contributed by atoms with van der Waals surface area (Å²) < 4.78 is 26.4. The molecule has 1 rings (SSSR count). The second-order valence-electron chi connectivity index (χ2n) is 4.39. The Balaban J connectivity index is 2.62. The lowest BCUT2D eigenvalue weighted by Gasteiger charge is -2.23. The van der Waals surface area contributed by atoms with Crippen LogP contribution in [0.3, 0.4) is 0 Å². The molecule has 0 aliphatic heterocycles. The van der Waals surface area contributed by atoms with E-state index in [2.05, 4.69) is 4.72 Å². The van der Waals surface area contributed by atoms with E-state index in [9.17, 15) is 8.42 Å². The summed E-state index contributed by atoms with van der Waals surface area (Å²) in [7, 11) is -3.38. The van der Waals surface area contributed by atoms with Crippen LogP contribution >= 0.6 is 11.3 Å². The lowest BCUT2D eigenvalue weighted by atomic mass is 9.90. The van der Waals surface area contributed by atoms with Crippen molar-refractivity contribution in [3.63, 3.8) is 0 Å². The molecule has 1 heterocycles. The van der Waals surface area contributed by atoms with Gasteiger partial charge < -0.3 is 5.11 Å². The van der Waals surface area contributed by atoms with Crippen molar-refractivity contribution in [1.82, 2.24) is 4.72 Å². The SMILES string of the molecule is CC(C)(CCO)CNS(=O)(=O)c1cccs1. The third-order valence-electron chi connectivity index (χ3n) is 2.29. The molecule has 0 spiro atoms. The first-order valence-electron chi connectivity index (χ1n) is 5.01. The van der Waals surface area contributed by atoms with Crippen molar-refractivity contribution >= 4 is 21.4 Å². The fourth-order valence-corrected chi connectivity index (χ4v) is 3.45. The van der Waals surface area contributed by atoms with E-state index in [4.69, 9.17) is 5.11 Å². The Morgan fingerprint density at radius 1 is 1.50 bits per heavy atom. The van der Waals surface area contributed by atoms with E-state index in [0.717, 1.165) is 0 Å². The topological polar surface area (TPSA) is 66.4 Å². The molecule has 0 saturated carbocycles. The van der Waals surface area contributed by atoms with Crippen LogP contribution < -0.4 is 4.72 Å². The zero-order chi connectivity index (χ0) is 12.2. The first-order chi connectivity index (χ1) is 7.37. The molecule has 0 fully saturated rings. The van der Waals surface area contributed by atoms with Crippen LogP contribution in [0, 0.1) is 5.41 Å². The molecule has 0 unspecified atom stereocenters. The van der Waals surface area contributed by atoms with E-state index in [-0.39, 0.29) is 12.0 Å². The van der Waals surface area contributed by atoms with E-state index < -0.39 is 10.0 Å². The van der Waals surface area contributed by atoms with Crippen LogP contribution in [0.5, 0.6) is 0 Å². The summed E-state index contributed by atoms with van der Waals surface area (Å²) in [5.74, 6) is 0. The van der Waals surface area contributed by atoms with Crippen LogP contribution in [0.2, 0.25) is 0 Å². The Morgan fingerprint density at radius 3 is 2.69 bits per heavy atom. The number of rotatable bonds is 6. The number of hydrogen-bond donors (Lipinski definition) is 2. The quantitative estimate of drug-likeness (QED) is 0.816. The van der Waals surface area contributed by atoms with Gasteiger partial charge in [0, 0.05) is 13.2 Å². The van der Waals surface area contributed by atoms with E-state index in [0.29, 0.717) is 17.2 Å². The van der Waals surface area contributed by atoms with E-state index >= 15 is 0 Å². The van der Waals surface area contributed by atoms with Gasteiger partial charge in [-0.2, -0.15) is 0 Å². The number of aliphatic hydroxyl groups excluding tert-OH is 1. The normalized spacial score (nSPS) is 12.9. The lowest BCUT2D eigenvalue weighted by Crippen LogP contribution is -2.34. The van der Waals surface area contributed by atoms with Gasteiger partial charge in [0.25, 0.3) is 0 Å². The highest BCUT2D eigenvalue weighted by atomic mass is 32.2. The van der Waals surface area contributed by atoms with Crippen molar-refractivity contribution in [2.75, 3.05) is 13.2 Å². The molecule has 0 radical (unpaired) electrons. The number of nitrogens with one attached hydrogen (secondary N) is 1. The monoisotopic (exact) mass is 263 g/mol. The molecule has 6 heteroatoms. The summed E-state index contributed by atoms with van der Waals surface area (Å²) in [4.78, 5) is 0. The molecule has 0 aliphatic carbocycles. The summed E-state index contributed by atoms with van der Waals surface area (Å²) in [5, 5.41) is 10.6. The molecule has 0 aromatic carbocycles. The van der Waals surface area contributed by atoms with Crippen molar-refractivity contribution in [3.8, 4) is 0 Å². The highest BCUT2D eigenvalue weighted by Crippen LogP contribution is 2.21. The van der Waals surface area contributed by atoms with Gasteiger partial charge in [0.15, 0.2) is 0 Å². The molecule has 1 aromatic rings. The molecule has 16 heavy (non-hydrogen) atoms. The number of thiophene rings is 1. The van der Waals surface area contributed by atoms with Gasteiger partial charge in [-0.15, -0.1) is 11.3 Å². The van der Waals surface area contributed by atoms with Crippen molar-refractivity contribution in [1.29, 1.82) is 0 Å². The minimum absolute atomic E-state index is 0.0632. The van der Waals surface area contributed by atoms with Gasteiger partial charge >= 0.3 is 0 Å². The molecular formula is C10H17NO3S2. The maximum absolute atomic E-state index is 11.8. The molecule has 2 N–H and O–H groups in total. The number of aliphatic hydroxyl groups is 1. The summed E-state index contributed by atoms with van der Waals surface area (Å²) in [6.45, 7) is 4.22. The highest BCUT2D eigenvalue weighted by molar-refractivity contribution is 7.91. The molecule has 0 bridgehead atoms. The first kappa shape index (κ1) is 13.6. The second kappa shape index (κ2) is 5.27. The fraction of sp³-hybridized carbons (Fsp3) is 0.600. The fourth-order valence-electron chi connectivity index (χ4n) is 1.17. The average molecular weight is 263 g/mol. The summed E-state index contributed by atoms with van der Waals surface area (Å²) >= 11 is 1.19. The van der Waals surface area contributed by atoms with Crippen LogP contribution in [-0.4, -0.2) is 26.7 Å². The van der Waals surface area contributed by atoms with E-state index in [1.165, 1.54) is 11.3 Å². The Kier molecular flexibility index (Phi) is 4.49. The van der Waals surface area contributed by atoms with Crippen LogP contribution in [0.1, 0.15) is 20.3 Å². The van der Waals surface area contributed by atoms with Gasteiger partial charge in [-0.3, -0.25) is 0 Å². The van der Waals surface area contributed by atoms with Gasteiger partial charge in [0.1, 0.15) is 4.21 Å². The number of sulfonamides is 1. The Bertz CT molecular complexity index is 409. The molecular weight excluding hydrogens is 246 g/mol. The summed E-state index contributed by atoms with van der Waals surface area (Å²) in [6, 6.07) is 3.28. The molecule has 0 amide bonds. The van der Waals surface area contributed by atoms with Gasteiger partial charge in [0.2, 0.25) is 10.0 Å². The summed E-state index contributed by atoms with van der Waals surface area (Å²) in [5.41, 5.74) is -0.237. The van der Waals surface area contributed by atoms with Crippen LogP contribution in [0.4, 0.5) is 0 Å². The Labute approximate surface area is 100 Å². The lowest BCUT2D eigenvalue weighted by molar-refractivity contribution is 0.213. The predicted octanol–water partition coefficient (Wildman–Crippen LogP) is 1.44. The zero-order valence-corrected chi connectivity index (χ0v) is 11.1. The minimum Gasteiger partial charge on any atom is -0.396 e. The predicted molar refractivity (Wildman–Crippen MR) is 65.0 cm³/mol. The molecule has 92 valence electrons. The minimum atomic E-state index is -3.38. The third-order valence-corrected chi connectivity index (χ3v) is 5.09. The molecule has 0 atom stereocenters. The van der Waals surface area contributed by atoms with Crippen LogP contribution in [-0.2, 0) is 10.0 Å². The van der Waals surface area contributed by atoms with Gasteiger partial charge in [0.05, 0.1) is 0 Å². The van der Waals surface area contributed by atoms with Gasteiger partial charge in [-0.25, -0.2) is 13.1 Å². The Hall–Kier alpha value is -0.430.